The Balaban J connectivity index is 3.58. The first-order valence-corrected chi connectivity index (χ1v) is 6.52. The smallest absolute Gasteiger partial charge is 0.330 e. The van der Waals surface area contributed by atoms with Crippen LogP contribution in [0.5, 0.6) is 0 Å². The van der Waals surface area contributed by atoms with E-state index in [0.717, 1.165) is 6.08 Å². The van der Waals surface area contributed by atoms with Crippen molar-refractivity contribution >= 4 is 30.5 Å². The van der Waals surface area contributed by atoms with Crippen LogP contribution in [-0.4, -0.2) is 54.7 Å². The van der Waals surface area contributed by atoms with Crippen molar-refractivity contribution in [2.75, 3.05) is 25.6 Å². The van der Waals surface area contributed by atoms with Crippen LogP contribution >= 0.6 is 12.6 Å². The van der Waals surface area contributed by atoms with Crippen molar-refractivity contribution in [3.8, 4) is 0 Å². The molecule has 1 atom stereocenters. The molecule has 0 bridgehead atoms. The lowest BCUT2D eigenvalue weighted by atomic mass is 10.4. The van der Waals surface area contributed by atoms with Gasteiger partial charge in [0.1, 0.15) is 19.8 Å². The topological polar surface area (TPSA) is 99.1 Å². The number of hydrogen-bond donors (Lipinski definition) is 2. The highest BCUT2D eigenvalue weighted by Gasteiger charge is 2.09. The quantitative estimate of drug-likeness (QED) is 0.251. The van der Waals surface area contributed by atoms with Gasteiger partial charge in [0.2, 0.25) is 0 Å². The van der Waals surface area contributed by atoms with Gasteiger partial charge in [0.15, 0.2) is 0 Å². The van der Waals surface area contributed by atoms with E-state index in [-0.39, 0.29) is 38.4 Å². The zero-order valence-electron chi connectivity index (χ0n) is 10.9. The fourth-order valence-electron chi connectivity index (χ4n) is 0.928. The van der Waals surface area contributed by atoms with Crippen LogP contribution < -0.4 is 0 Å². The molecule has 1 unspecified atom stereocenters. The van der Waals surface area contributed by atoms with E-state index in [2.05, 4.69) is 23.9 Å². The lowest BCUT2D eigenvalue weighted by Crippen LogP contribution is -2.21. The maximum absolute atomic E-state index is 11.2. The summed E-state index contributed by atoms with van der Waals surface area (Å²) in [5.41, 5.74) is 0. The third-order valence-corrected chi connectivity index (χ3v) is 2.36. The van der Waals surface area contributed by atoms with Gasteiger partial charge in [0.05, 0.1) is 18.9 Å². The number of esters is 3. The molecular weight excluding hydrogens is 288 g/mol. The fraction of sp³-hybridized carbons (Fsp3) is 0.583. The molecule has 20 heavy (non-hydrogen) atoms. The molecule has 0 aliphatic heterocycles. The molecule has 0 saturated carbocycles. The number of ether oxygens (including phenoxy) is 3. The highest BCUT2D eigenvalue weighted by Crippen LogP contribution is 1.95. The summed E-state index contributed by atoms with van der Waals surface area (Å²) in [5, 5.41) is 9.10. The zero-order chi connectivity index (χ0) is 15.4. The summed E-state index contributed by atoms with van der Waals surface area (Å²) in [6.45, 7) is 2.81. The Labute approximate surface area is 122 Å². The van der Waals surface area contributed by atoms with Crippen LogP contribution in [0.1, 0.15) is 12.8 Å². The lowest BCUT2D eigenvalue weighted by Gasteiger charge is -2.09. The molecule has 114 valence electrons. The van der Waals surface area contributed by atoms with Gasteiger partial charge in [-0.3, -0.25) is 9.59 Å². The van der Waals surface area contributed by atoms with E-state index in [9.17, 15) is 14.4 Å². The number of carbonyl (C=O) groups excluding carboxylic acids is 3. The Morgan fingerprint density at radius 1 is 1.10 bits per heavy atom. The molecule has 0 saturated heterocycles. The summed E-state index contributed by atoms with van der Waals surface area (Å²) in [6, 6.07) is 0. The Hall–Kier alpha value is -1.54. The molecule has 0 fully saturated rings. The SMILES string of the molecule is C=CC(=O)OCCC(=O)OCCC(=O)OCC(O)CS. The molecule has 0 aliphatic rings. The van der Waals surface area contributed by atoms with Crippen LogP contribution in [0.4, 0.5) is 0 Å². The molecule has 1 N–H and O–H groups in total. The van der Waals surface area contributed by atoms with Gasteiger partial charge in [-0.1, -0.05) is 6.58 Å². The van der Waals surface area contributed by atoms with Crippen LogP contribution in [0.25, 0.3) is 0 Å². The van der Waals surface area contributed by atoms with Gasteiger partial charge in [-0.15, -0.1) is 0 Å². The number of hydrogen-bond acceptors (Lipinski definition) is 8. The normalized spacial score (nSPS) is 11.3. The molecular formula is C12H18O7S. The largest absolute Gasteiger partial charge is 0.465 e. The molecule has 7 nitrogen and oxygen atoms in total. The van der Waals surface area contributed by atoms with Crippen molar-refractivity contribution in [1.82, 2.24) is 0 Å². The van der Waals surface area contributed by atoms with Crippen molar-refractivity contribution in [3.05, 3.63) is 12.7 Å². The molecule has 0 radical (unpaired) electrons. The van der Waals surface area contributed by atoms with Gasteiger partial charge < -0.3 is 19.3 Å². The Morgan fingerprint density at radius 2 is 1.65 bits per heavy atom. The van der Waals surface area contributed by atoms with E-state index in [0.29, 0.717) is 0 Å². The fourth-order valence-corrected chi connectivity index (χ4v) is 1.03. The van der Waals surface area contributed by atoms with E-state index in [4.69, 9.17) is 14.6 Å². The average Bonchev–Trinajstić information content (AvgIpc) is 2.44. The average molecular weight is 306 g/mol. The number of carbonyl (C=O) groups is 3. The maximum atomic E-state index is 11.2. The molecule has 0 amide bonds. The second-order valence-electron chi connectivity index (χ2n) is 3.61. The summed E-state index contributed by atoms with van der Waals surface area (Å²) in [5.74, 6) is -1.61. The van der Waals surface area contributed by atoms with Crippen LogP contribution in [0.2, 0.25) is 0 Å². The van der Waals surface area contributed by atoms with E-state index in [1.165, 1.54) is 0 Å². The number of rotatable bonds is 10. The maximum Gasteiger partial charge on any atom is 0.330 e. The van der Waals surface area contributed by atoms with E-state index in [1.54, 1.807) is 0 Å². The van der Waals surface area contributed by atoms with E-state index >= 15 is 0 Å². The molecule has 0 spiro atoms. The van der Waals surface area contributed by atoms with Crippen molar-refractivity contribution in [3.63, 3.8) is 0 Å². The molecule has 0 rings (SSSR count). The highest BCUT2D eigenvalue weighted by atomic mass is 32.1. The van der Waals surface area contributed by atoms with Crippen molar-refractivity contribution in [1.29, 1.82) is 0 Å². The first-order chi connectivity index (χ1) is 9.49. The Bertz CT molecular complexity index is 343. The molecule has 0 heterocycles. The summed E-state index contributed by atoms with van der Waals surface area (Å²) in [4.78, 5) is 33.0. The molecule has 8 heteroatoms. The summed E-state index contributed by atoms with van der Waals surface area (Å²) in [7, 11) is 0. The van der Waals surface area contributed by atoms with Gasteiger partial charge >= 0.3 is 17.9 Å². The van der Waals surface area contributed by atoms with Gasteiger partial charge in [-0.2, -0.15) is 12.6 Å². The zero-order valence-corrected chi connectivity index (χ0v) is 11.8. The predicted octanol–water partition coefficient (Wildman–Crippen LogP) is -0.127. The van der Waals surface area contributed by atoms with Gasteiger partial charge in [0, 0.05) is 11.8 Å². The van der Waals surface area contributed by atoms with Crippen molar-refractivity contribution in [2.24, 2.45) is 0 Å². The first-order valence-electron chi connectivity index (χ1n) is 5.89. The second kappa shape index (κ2) is 11.3. The van der Waals surface area contributed by atoms with Gasteiger partial charge in [-0.05, 0) is 0 Å². The molecule has 0 aromatic rings. The minimum Gasteiger partial charge on any atom is -0.465 e. The Morgan fingerprint density at radius 3 is 2.20 bits per heavy atom. The standard InChI is InChI=1S/C12H18O7S/c1-2-10(14)17-5-3-11(15)18-6-4-12(16)19-7-9(13)8-20/h2,9,13,20H,1,3-8H2. The highest BCUT2D eigenvalue weighted by molar-refractivity contribution is 7.80. The van der Waals surface area contributed by atoms with E-state index in [1.807, 2.05) is 0 Å². The van der Waals surface area contributed by atoms with Crippen LogP contribution in [0.15, 0.2) is 12.7 Å². The van der Waals surface area contributed by atoms with Gasteiger partial charge in [0.25, 0.3) is 0 Å². The number of aliphatic hydroxyl groups excluding tert-OH is 1. The number of thiol groups is 1. The number of aliphatic hydroxyl groups is 1. The Kier molecular flexibility index (Phi) is 10.4. The van der Waals surface area contributed by atoms with E-state index < -0.39 is 24.0 Å². The van der Waals surface area contributed by atoms with Crippen LogP contribution in [0, 0.1) is 0 Å². The third kappa shape index (κ3) is 10.4. The molecule has 0 aliphatic carbocycles. The van der Waals surface area contributed by atoms with Crippen molar-refractivity contribution in [2.45, 2.75) is 18.9 Å². The van der Waals surface area contributed by atoms with Gasteiger partial charge in [-0.25, -0.2) is 4.79 Å². The minimum atomic E-state index is -0.815. The van der Waals surface area contributed by atoms with Crippen LogP contribution in [-0.2, 0) is 28.6 Å². The molecule has 0 aromatic carbocycles. The second-order valence-corrected chi connectivity index (χ2v) is 3.98. The van der Waals surface area contributed by atoms with Crippen molar-refractivity contribution < 1.29 is 33.7 Å². The summed E-state index contributed by atoms with van der Waals surface area (Å²) in [6.07, 6.45) is -0.0465. The summed E-state index contributed by atoms with van der Waals surface area (Å²) >= 11 is 3.82. The minimum absolute atomic E-state index is 0.104. The first kappa shape index (κ1) is 18.5. The molecule has 0 aromatic heterocycles. The third-order valence-electron chi connectivity index (χ3n) is 1.93. The predicted molar refractivity (Wildman–Crippen MR) is 72.2 cm³/mol. The van der Waals surface area contributed by atoms with Crippen LogP contribution in [0.3, 0.4) is 0 Å². The summed E-state index contributed by atoms with van der Waals surface area (Å²) < 4.78 is 14.0. The lowest BCUT2D eigenvalue weighted by molar-refractivity contribution is -0.151. The monoisotopic (exact) mass is 306 g/mol.